The van der Waals surface area contributed by atoms with Gasteiger partial charge in [-0.1, -0.05) is 25.1 Å². The number of amidine groups is 2. The molecule has 11 heteroatoms. The number of benzene rings is 3. The lowest BCUT2D eigenvalue weighted by molar-refractivity contribution is -0.107. The summed E-state index contributed by atoms with van der Waals surface area (Å²) >= 11 is 0. The van der Waals surface area contributed by atoms with Crippen LogP contribution < -0.4 is 15.2 Å². The third-order valence-electron chi connectivity index (χ3n) is 6.78. The van der Waals surface area contributed by atoms with E-state index < -0.39 is 35.2 Å². The van der Waals surface area contributed by atoms with Crippen molar-refractivity contribution in [2.45, 2.75) is 31.8 Å². The highest BCUT2D eigenvalue weighted by Crippen LogP contribution is 2.35. The fourth-order valence-electron chi connectivity index (χ4n) is 4.53. The van der Waals surface area contributed by atoms with Crippen molar-refractivity contribution in [1.82, 2.24) is 4.98 Å². The Labute approximate surface area is 233 Å². The van der Waals surface area contributed by atoms with Gasteiger partial charge >= 0.3 is 0 Å². The number of fused-ring (bicyclic) bond motifs is 2. The van der Waals surface area contributed by atoms with Gasteiger partial charge in [-0.25, -0.2) is 18.2 Å². The molecule has 0 amide bonds. The van der Waals surface area contributed by atoms with Gasteiger partial charge in [0.1, 0.15) is 42.1 Å². The normalized spacial score (nSPS) is 16.3. The zero-order valence-electron chi connectivity index (χ0n) is 22.0. The van der Waals surface area contributed by atoms with Gasteiger partial charge in [0.2, 0.25) is 0 Å². The Morgan fingerprint density at radius 3 is 2.88 bits per heavy atom. The van der Waals surface area contributed by atoms with E-state index >= 15 is 8.78 Å². The van der Waals surface area contributed by atoms with Crippen molar-refractivity contribution in [3.05, 3.63) is 88.9 Å². The zero-order chi connectivity index (χ0) is 29.1. The van der Waals surface area contributed by atoms with Gasteiger partial charge in [0.25, 0.3) is 0 Å². The molecular weight excluding hydrogens is 537 g/mol. The van der Waals surface area contributed by atoms with Crippen molar-refractivity contribution in [3.8, 4) is 17.2 Å². The van der Waals surface area contributed by atoms with Crippen LogP contribution in [0.5, 0.6) is 17.2 Å². The van der Waals surface area contributed by atoms with Crippen LogP contribution in [0.25, 0.3) is 10.9 Å². The number of aliphatic imine (C=N–C) groups is 2. The second kappa shape index (κ2) is 11.8. The number of aromatic nitrogens is 1. The van der Waals surface area contributed by atoms with Gasteiger partial charge in [-0.15, -0.1) is 0 Å². The number of aliphatic hydroxyl groups excluding tert-OH is 1. The molecule has 41 heavy (non-hydrogen) atoms. The molecule has 1 aliphatic heterocycles. The van der Waals surface area contributed by atoms with E-state index in [0.717, 1.165) is 12.4 Å². The third-order valence-corrected chi connectivity index (χ3v) is 6.78. The lowest BCUT2D eigenvalue weighted by Crippen LogP contribution is -2.26. The molecule has 0 bridgehead atoms. The topological polar surface area (TPSA) is 122 Å². The molecule has 0 radical (unpaired) electrons. The van der Waals surface area contributed by atoms with E-state index in [9.17, 15) is 14.3 Å². The van der Waals surface area contributed by atoms with Gasteiger partial charge in [-0.3, -0.25) is 4.99 Å². The monoisotopic (exact) mass is 564 g/mol. The standard InChI is InChI=1S/C30H27F3N4O4/c1-16(20-6-2-4-17(26(20)32)5-3-11-38)29(34)37-30-22-12-19(7-8-25(22)40-15-18(39)14-36-30)41-28-23(31)13-24-21(27(28)33)9-10-35-24/h2,4,6-13,16,18,35,39H,3,5,14-15H2,1H3,(H2,34,36,37). The molecule has 1 aromatic heterocycles. The highest BCUT2D eigenvalue weighted by molar-refractivity contribution is 6.09. The molecule has 0 spiro atoms. The second-order valence-electron chi connectivity index (χ2n) is 9.61. The Morgan fingerprint density at radius 2 is 2.07 bits per heavy atom. The predicted octanol–water partition coefficient (Wildman–Crippen LogP) is 5.17. The molecule has 2 unspecified atom stereocenters. The number of aryl methyl sites for hydroxylation is 1. The molecule has 1 aliphatic rings. The van der Waals surface area contributed by atoms with Crippen molar-refractivity contribution in [2.24, 2.45) is 15.7 Å². The van der Waals surface area contributed by atoms with Gasteiger partial charge in [0.05, 0.1) is 17.6 Å². The number of rotatable bonds is 7. The van der Waals surface area contributed by atoms with E-state index in [4.69, 9.17) is 15.2 Å². The van der Waals surface area contributed by atoms with E-state index in [0.29, 0.717) is 16.7 Å². The number of carbonyl (C=O) groups excluding carboxylic acids is 1. The van der Waals surface area contributed by atoms with Crippen molar-refractivity contribution in [3.63, 3.8) is 0 Å². The summed E-state index contributed by atoms with van der Waals surface area (Å²) in [5.74, 6) is -3.06. The minimum atomic E-state index is -0.925. The molecule has 2 atom stereocenters. The molecular formula is C30H27F3N4O4. The van der Waals surface area contributed by atoms with E-state index in [2.05, 4.69) is 15.0 Å². The molecule has 2 heterocycles. The summed E-state index contributed by atoms with van der Waals surface area (Å²) in [6.45, 7) is 1.57. The first kappa shape index (κ1) is 27.9. The Balaban J connectivity index is 1.51. The summed E-state index contributed by atoms with van der Waals surface area (Å²) in [7, 11) is 0. The number of nitrogens with zero attached hydrogens (tertiary/aromatic N) is 2. The second-order valence-corrected chi connectivity index (χ2v) is 9.61. The lowest BCUT2D eigenvalue weighted by atomic mass is 9.95. The van der Waals surface area contributed by atoms with Crippen LogP contribution in [0.3, 0.4) is 0 Å². The number of aromatic amines is 1. The first-order valence-electron chi connectivity index (χ1n) is 12.9. The quantitative estimate of drug-likeness (QED) is 0.162. The number of carbonyl (C=O) groups is 1. The minimum Gasteiger partial charge on any atom is -0.490 e. The molecule has 212 valence electrons. The van der Waals surface area contributed by atoms with Gasteiger partial charge in [-0.2, -0.15) is 0 Å². The van der Waals surface area contributed by atoms with Crippen LogP contribution in [0.1, 0.15) is 36.0 Å². The van der Waals surface area contributed by atoms with Crippen LogP contribution in [0, 0.1) is 17.5 Å². The molecule has 0 saturated carbocycles. The fourth-order valence-corrected chi connectivity index (χ4v) is 4.53. The number of halogens is 3. The predicted molar refractivity (Wildman–Crippen MR) is 148 cm³/mol. The van der Waals surface area contributed by atoms with E-state index in [-0.39, 0.29) is 60.1 Å². The molecule has 0 aliphatic carbocycles. The average Bonchev–Trinajstić information content (AvgIpc) is 3.43. The smallest absolute Gasteiger partial charge is 0.199 e. The van der Waals surface area contributed by atoms with E-state index in [1.54, 1.807) is 25.1 Å². The summed E-state index contributed by atoms with van der Waals surface area (Å²) in [6, 6.07) is 11.9. The number of hydrogen-bond acceptors (Lipinski definition) is 6. The SMILES string of the molecule is CC(C(N)=NC1=NCC(O)COc2ccc(Oc3c(F)cc4[nH]ccc4c3F)cc21)c1cccc(CCC=O)c1F. The fraction of sp³-hybridized carbons (Fsp3) is 0.233. The first-order valence-corrected chi connectivity index (χ1v) is 12.9. The molecule has 0 saturated heterocycles. The molecule has 0 fully saturated rings. The average molecular weight is 565 g/mol. The number of hydrogen-bond donors (Lipinski definition) is 3. The van der Waals surface area contributed by atoms with Crippen LogP contribution in [-0.2, 0) is 11.2 Å². The minimum absolute atomic E-state index is 0.0255. The maximum atomic E-state index is 15.2. The summed E-state index contributed by atoms with van der Waals surface area (Å²) in [5, 5.41) is 10.4. The van der Waals surface area contributed by atoms with Crippen LogP contribution >= 0.6 is 0 Å². The largest absolute Gasteiger partial charge is 0.490 e. The molecule has 3 aromatic carbocycles. The number of H-pyrrole nitrogens is 1. The zero-order valence-corrected chi connectivity index (χ0v) is 22.0. The van der Waals surface area contributed by atoms with E-state index in [1.807, 2.05) is 0 Å². The molecule has 5 rings (SSSR count). The summed E-state index contributed by atoms with van der Waals surface area (Å²) < 4.78 is 56.3. The van der Waals surface area contributed by atoms with Crippen molar-refractivity contribution < 1.29 is 32.5 Å². The maximum absolute atomic E-state index is 15.2. The molecule has 4 aromatic rings. The number of nitrogens with two attached hydrogens (primary N) is 1. The Kier molecular flexibility index (Phi) is 8.06. The first-order chi connectivity index (χ1) is 19.8. The maximum Gasteiger partial charge on any atom is 0.199 e. The van der Waals surface area contributed by atoms with Crippen molar-refractivity contribution >= 4 is 28.9 Å². The Morgan fingerprint density at radius 1 is 1.24 bits per heavy atom. The van der Waals surface area contributed by atoms with Gasteiger partial charge < -0.3 is 30.1 Å². The van der Waals surface area contributed by atoms with Gasteiger partial charge in [0.15, 0.2) is 23.2 Å². The lowest BCUT2D eigenvalue weighted by Gasteiger charge is -2.20. The number of nitrogens with one attached hydrogen (secondary N) is 1. The van der Waals surface area contributed by atoms with Crippen LogP contribution in [0.4, 0.5) is 13.2 Å². The summed E-state index contributed by atoms with van der Waals surface area (Å²) in [5.41, 5.74) is 7.60. The highest BCUT2D eigenvalue weighted by atomic mass is 19.1. The van der Waals surface area contributed by atoms with Crippen molar-refractivity contribution in [1.29, 1.82) is 0 Å². The number of aldehydes is 1. The molecule has 4 N–H and O–H groups in total. The van der Waals surface area contributed by atoms with Gasteiger partial charge in [0, 0.05) is 30.0 Å². The van der Waals surface area contributed by atoms with Crippen molar-refractivity contribution in [2.75, 3.05) is 13.2 Å². The Hall–Kier alpha value is -4.64. The van der Waals surface area contributed by atoms with Crippen LogP contribution in [-0.4, -0.2) is 47.3 Å². The number of aliphatic hydroxyl groups is 1. The van der Waals surface area contributed by atoms with E-state index in [1.165, 1.54) is 30.5 Å². The molecule has 8 nitrogen and oxygen atoms in total. The summed E-state index contributed by atoms with van der Waals surface area (Å²) in [6.07, 6.45) is 1.74. The summed E-state index contributed by atoms with van der Waals surface area (Å²) in [4.78, 5) is 22.4. The van der Waals surface area contributed by atoms with Crippen LogP contribution in [0.15, 0.2) is 64.7 Å². The highest BCUT2D eigenvalue weighted by Gasteiger charge is 2.23. The van der Waals surface area contributed by atoms with Crippen LogP contribution in [0.2, 0.25) is 0 Å². The van der Waals surface area contributed by atoms with Gasteiger partial charge in [-0.05, 0) is 41.8 Å². The Bertz CT molecular complexity index is 1670. The number of ether oxygens (including phenoxy) is 2. The third kappa shape index (κ3) is 5.80.